The third-order valence-corrected chi connectivity index (χ3v) is 4.38. The second kappa shape index (κ2) is 4.80. The lowest BCUT2D eigenvalue weighted by atomic mass is 10.4. The van der Waals surface area contributed by atoms with Crippen molar-refractivity contribution in [1.82, 2.24) is 4.57 Å². The van der Waals surface area contributed by atoms with Crippen molar-refractivity contribution in [1.29, 1.82) is 0 Å². The van der Waals surface area contributed by atoms with Crippen LogP contribution in [-0.4, -0.2) is 17.6 Å². The third kappa shape index (κ3) is 3.35. The van der Waals surface area contributed by atoms with Gasteiger partial charge in [-0.25, -0.2) is 8.42 Å². The Labute approximate surface area is 96.3 Å². The van der Waals surface area contributed by atoms with Gasteiger partial charge in [0.25, 0.3) is 5.56 Å². The van der Waals surface area contributed by atoms with Gasteiger partial charge in [0, 0.05) is 18.8 Å². The van der Waals surface area contributed by atoms with Crippen molar-refractivity contribution in [2.45, 2.75) is 13.5 Å². The van der Waals surface area contributed by atoms with Crippen LogP contribution in [0.3, 0.4) is 0 Å². The van der Waals surface area contributed by atoms with Crippen LogP contribution in [0.5, 0.6) is 0 Å². The van der Waals surface area contributed by atoms with Gasteiger partial charge in [0.05, 0.1) is 5.69 Å². The van der Waals surface area contributed by atoms with Gasteiger partial charge in [0.2, 0.25) is 10.0 Å². The quantitative estimate of drug-likeness (QED) is 0.841. The van der Waals surface area contributed by atoms with E-state index >= 15 is 0 Å². The molecule has 1 rings (SSSR count). The number of sulfonamides is 1. The molecule has 0 bridgehead atoms. The topological polar surface area (TPSA) is 68.2 Å². The number of rotatable bonds is 4. The molecule has 5 nitrogen and oxygen atoms in total. The number of hydrogen-bond donors (Lipinski definition) is 1. The third-order valence-electron chi connectivity index (χ3n) is 1.74. The predicted molar refractivity (Wildman–Crippen MR) is 62.7 cm³/mol. The first-order valence-corrected chi connectivity index (χ1v) is 7.03. The summed E-state index contributed by atoms with van der Waals surface area (Å²) in [5.74, 6) is 0. The molecule has 0 saturated carbocycles. The van der Waals surface area contributed by atoms with Crippen molar-refractivity contribution in [2.75, 3.05) is 9.38 Å². The van der Waals surface area contributed by atoms with E-state index in [1.807, 2.05) is 6.92 Å². The summed E-state index contributed by atoms with van der Waals surface area (Å²) in [5.41, 5.74) is 0.232. The number of hydrogen-bond acceptors (Lipinski definition) is 3. The largest absolute Gasteiger partial charge is 0.314 e. The Morgan fingerprint density at radius 1 is 1.47 bits per heavy atom. The molecule has 0 aliphatic carbocycles. The number of nitrogens with zero attached hydrogens (tertiary/aromatic N) is 1. The first-order valence-electron chi connectivity index (χ1n) is 4.25. The van der Waals surface area contributed by atoms with Gasteiger partial charge in [-0.1, -0.05) is 15.9 Å². The van der Waals surface area contributed by atoms with Crippen molar-refractivity contribution >= 4 is 31.6 Å². The molecule has 1 N–H and O–H groups in total. The van der Waals surface area contributed by atoms with Crippen LogP contribution < -0.4 is 10.3 Å². The summed E-state index contributed by atoms with van der Waals surface area (Å²) in [6, 6.07) is 2.77. The van der Waals surface area contributed by atoms with Gasteiger partial charge in [0.1, 0.15) is 4.66 Å². The van der Waals surface area contributed by atoms with E-state index in [0.717, 1.165) is 0 Å². The van der Waals surface area contributed by atoms with E-state index in [1.165, 1.54) is 22.9 Å². The highest BCUT2D eigenvalue weighted by Gasteiger charge is 2.07. The lowest BCUT2D eigenvalue weighted by Gasteiger charge is -2.07. The van der Waals surface area contributed by atoms with E-state index in [-0.39, 0.29) is 10.2 Å². The minimum Gasteiger partial charge on any atom is -0.314 e. The fraction of sp³-hybridized carbons (Fsp3) is 0.375. The lowest BCUT2D eigenvalue weighted by molar-refractivity contribution is 0.606. The maximum Gasteiger partial charge on any atom is 0.250 e. The predicted octanol–water partition coefficient (Wildman–Crippen LogP) is 0.962. The monoisotopic (exact) mass is 294 g/mol. The Hall–Kier alpha value is -0.820. The summed E-state index contributed by atoms with van der Waals surface area (Å²) in [6.07, 6.45) is 1.47. The van der Waals surface area contributed by atoms with E-state index in [9.17, 15) is 13.2 Å². The molecule has 0 aliphatic heterocycles. The molecule has 0 aromatic carbocycles. The van der Waals surface area contributed by atoms with Crippen molar-refractivity contribution in [3.63, 3.8) is 0 Å². The molecule has 1 aromatic heterocycles. The molecular formula is C8H11BrN2O3S. The number of nitrogens with one attached hydrogen (secondary N) is 1. The average Bonchev–Trinajstić information content (AvgIpc) is 2.20. The van der Waals surface area contributed by atoms with Gasteiger partial charge in [-0.3, -0.25) is 9.52 Å². The van der Waals surface area contributed by atoms with Gasteiger partial charge in [-0.15, -0.1) is 0 Å². The summed E-state index contributed by atoms with van der Waals surface area (Å²) in [5, 5.41) is 0. The molecular weight excluding hydrogens is 284 g/mol. The van der Waals surface area contributed by atoms with Gasteiger partial charge in [-0.05, 0) is 13.0 Å². The Morgan fingerprint density at radius 2 is 2.13 bits per heavy atom. The fourth-order valence-corrected chi connectivity index (χ4v) is 1.92. The number of pyridine rings is 1. The zero-order valence-electron chi connectivity index (χ0n) is 8.10. The standard InChI is InChI=1S/C8H11BrN2O3S/c1-2-11-5-7(3-4-8(11)12)10-15(13,14)6-9/h3-5,10H,2,6H2,1H3. The van der Waals surface area contributed by atoms with Crippen LogP contribution >= 0.6 is 15.9 Å². The first-order chi connectivity index (χ1) is 6.98. The summed E-state index contributed by atoms with van der Waals surface area (Å²) < 4.78 is 26.0. The molecule has 1 heterocycles. The fourth-order valence-electron chi connectivity index (χ4n) is 1.05. The van der Waals surface area contributed by atoms with Crippen LogP contribution in [-0.2, 0) is 16.6 Å². The molecule has 0 unspecified atom stereocenters. The Kier molecular flexibility index (Phi) is 3.92. The smallest absolute Gasteiger partial charge is 0.250 e. The van der Waals surface area contributed by atoms with Crippen LogP contribution in [0.4, 0.5) is 5.69 Å². The van der Waals surface area contributed by atoms with Crippen LogP contribution in [0.25, 0.3) is 0 Å². The number of halogens is 1. The molecule has 0 spiro atoms. The zero-order valence-corrected chi connectivity index (χ0v) is 10.5. The van der Waals surface area contributed by atoms with Crippen molar-refractivity contribution < 1.29 is 8.42 Å². The summed E-state index contributed by atoms with van der Waals surface area (Å²) in [7, 11) is -3.36. The number of anilines is 1. The Balaban J connectivity index is 3.03. The summed E-state index contributed by atoms with van der Waals surface area (Å²) in [6.45, 7) is 2.31. The van der Waals surface area contributed by atoms with E-state index < -0.39 is 10.0 Å². The molecule has 1 aromatic rings. The van der Waals surface area contributed by atoms with Crippen LogP contribution in [0.1, 0.15) is 6.92 Å². The van der Waals surface area contributed by atoms with Gasteiger partial charge >= 0.3 is 0 Å². The molecule has 0 amide bonds. The average molecular weight is 295 g/mol. The maximum absolute atomic E-state index is 11.2. The molecule has 15 heavy (non-hydrogen) atoms. The van der Waals surface area contributed by atoms with Gasteiger partial charge < -0.3 is 4.57 Å². The second-order valence-corrected chi connectivity index (χ2v) is 5.89. The second-order valence-electron chi connectivity index (χ2n) is 2.87. The minimum absolute atomic E-state index is 0.153. The SMILES string of the molecule is CCn1cc(NS(=O)(=O)CBr)ccc1=O. The van der Waals surface area contributed by atoms with Crippen LogP contribution in [0.15, 0.2) is 23.1 Å². The maximum atomic E-state index is 11.2. The van der Waals surface area contributed by atoms with Crippen LogP contribution in [0.2, 0.25) is 0 Å². The molecule has 0 aliphatic rings. The normalized spacial score (nSPS) is 11.3. The Morgan fingerprint density at radius 3 is 2.67 bits per heavy atom. The highest BCUT2D eigenvalue weighted by molar-refractivity contribution is 9.10. The lowest BCUT2D eigenvalue weighted by Crippen LogP contribution is -2.20. The van der Waals surface area contributed by atoms with Gasteiger partial charge in [0.15, 0.2) is 0 Å². The zero-order chi connectivity index (χ0) is 11.5. The van der Waals surface area contributed by atoms with E-state index in [2.05, 4.69) is 20.7 Å². The number of alkyl halides is 1. The highest BCUT2D eigenvalue weighted by Crippen LogP contribution is 2.07. The van der Waals surface area contributed by atoms with Gasteiger partial charge in [-0.2, -0.15) is 0 Å². The van der Waals surface area contributed by atoms with Crippen molar-refractivity contribution in [3.05, 3.63) is 28.7 Å². The summed E-state index contributed by atoms with van der Waals surface area (Å²) >= 11 is 2.86. The van der Waals surface area contributed by atoms with E-state index in [1.54, 1.807) is 0 Å². The molecule has 0 fully saturated rings. The summed E-state index contributed by atoms with van der Waals surface area (Å²) in [4.78, 5) is 11.2. The molecule has 0 radical (unpaired) electrons. The molecule has 7 heteroatoms. The first kappa shape index (κ1) is 12.3. The van der Waals surface area contributed by atoms with Crippen LogP contribution in [0, 0.1) is 0 Å². The van der Waals surface area contributed by atoms with E-state index in [4.69, 9.17) is 0 Å². The van der Waals surface area contributed by atoms with Crippen molar-refractivity contribution in [3.8, 4) is 0 Å². The molecule has 0 saturated heterocycles. The minimum atomic E-state index is -3.36. The van der Waals surface area contributed by atoms with Crippen molar-refractivity contribution in [2.24, 2.45) is 0 Å². The molecule has 0 atom stereocenters. The highest BCUT2D eigenvalue weighted by atomic mass is 79.9. The Bertz CT molecular complexity index is 495. The molecule has 84 valence electrons. The number of aryl methyl sites for hydroxylation is 1. The number of aromatic nitrogens is 1. The van der Waals surface area contributed by atoms with E-state index in [0.29, 0.717) is 12.2 Å².